The number of hydrogen-bond acceptors (Lipinski definition) is 4. The number of benzene rings is 1. The minimum atomic E-state index is -0.624. The standard InChI is InChI=1S/C20H28N2O4/c1-12(2)21(13(3)4)10-11-22-18(15-6-8-16(24)9-7-15)17(14(5)23)19(25)20(22)26/h6-9,12-13,18,24-25H,10-11H2,1-5H3/p+1/t18-/m1/s1. The molecule has 1 amide bonds. The molecular weight excluding hydrogens is 332 g/mol. The summed E-state index contributed by atoms with van der Waals surface area (Å²) in [5.74, 6) is -1.20. The Hall–Kier alpha value is -2.34. The molecule has 0 bridgehead atoms. The molecule has 142 valence electrons. The molecule has 0 unspecified atom stereocenters. The third-order valence-electron chi connectivity index (χ3n) is 5.02. The first-order valence-corrected chi connectivity index (χ1v) is 9.04. The fourth-order valence-corrected chi connectivity index (χ4v) is 3.74. The van der Waals surface area contributed by atoms with Crippen LogP contribution in [0.1, 0.15) is 46.2 Å². The quantitative estimate of drug-likeness (QED) is 0.685. The minimum absolute atomic E-state index is 0.109. The van der Waals surface area contributed by atoms with Gasteiger partial charge in [0.2, 0.25) is 0 Å². The molecule has 0 saturated heterocycles. The van der Waals surface area contributed by atoms with Crippen molar-refractivity contribution in [3.05, 3.63) is 41.2 Å². The summed E-state index contributed by atoms with van der Waals surface area (Å²) in [5.41, 5.74) is 0.817. The van der Waals surface area contributed by atoms with Crippen LogP contribution in [-0.2, 0) is 9.59 Å². The molecule has 1 aromatic rings. The number of nitrogens with one attached hydrogen (secondary N) is 1. The molecule has 6 nitrogen and oxygen atoms in total. The number of ketones is 1. The van der Waals surface area contributed by atoms with E-state index < -0.39 is 17.7 Å². The molecule has 3 N–H and O–H groups in total. The van der Waals surface area contributed by atoms with Gasteiger partial charge in [-0.1, -0.05) is 12.1 Å². The van der Waals surface area contributed by atoms with Crippen LogP contribution in [-0.4, -0.2) is 52.0 Å². The van der Waals surface area contributed by atoms with Gasteiger partial charge in [-0.05, 0) is 52.3 Å². The number of quaternary nitrogens is 1. The van der Waals surface area contributed by atoms with E-state index >= 15 is 0 Å². The van der Waals surface area contributed by atoms with Crippen molar-refractivity contribution >= 4 is 11.7 Å². The number of rotatable bonds is 7. The minimum Gasteiger partial charge on any atom is -0.508 e. The number of carbonyl (C=O) groups is 2. The van der Waals surface area contributed by atoms with Crippen LogP contribution < -0.4 is 4.90 Å². The maximum atomic E-state index is 12.6. The Morgan fingerprint density at radius 3 is 2.12 bits per heavy atom. The van der Waals surface area contributed by atoms with Gasteiger partial charge in [-0.15, -0.1) is 0 Å². The lowest BCUT2D eigenvalue weighted by Gasteiger charge is -2.32. The van der Waals surface area contributed by atoms with E-state index in [4.69, 9.17) is 0 Å². The monoisotopic (exact) mass is 361 g/mol. The highest BCUT2D eigenvalue weighted by molar-refractivity contribution is 6.08. The summed E-state index contributed by atoms with van der Waals surface area (Å²) in [6.07, 6.45) is 0. The van der Waals surface area contributed by atoms with Crippen LogP contribution in [0.25, 0.3) is 0 Å². The summed E-state index contributed by atoms with van der Waals surface area (Å²) in [6.45, 7) is 11.0. The van der Waals surface area contributed by atoms with Crippen LogP contribution in [0.2, 0.25) is 0 Å². The molecule has 1 heterocycles. The second-order valence-electron chi connectivity index (χ2n) is 7.45. The number of aliphatic hydroxyl groups excluding tert-OH is 1. The molecule has 1 atom stereocenters. The smallest absolute Gasteiger partial charge is 0.290 e. The number of hydrogen-bond donors (Lipinski definition) is 3. The van der Waals surface area contributed by atoms with Crippen molar-refractivity contribution in [2.24, 2.45) is 0 Å². The number of aliphatic hydroxyl groups is 1. The molecule has 2 rings (SSSR count). The summed E-state index contributed by atoms with van der Waals surface area (Å²) in [4.78, 5) is 27.6. The van der Waals surface area contributed by atoms with Crippen LogP contribution in [0, 0.1) is 0 Å². The average molecular weight is 361 g/mol. The molecule has 0 aromatic heterocycles. The van der Waals surface area contributed by atoms with Crippen LogP contribution in [0.15, 0.2) is 35.6 Å². The van der Waals surface area contributed by atoms with E-state index in [1.165, 1.54) is 24.0 Å². The number of amides is 1. The normalized spacial score (nSPS) is 17.9. The maximum Gasteiger partial charge on any atom is 0.290 e. The molecule has 1 aliphatic heterocycles. The maximum absolute atomic E-state index is 12.6. The van der Waals surface area contributed by atoms with Gasteiger partial charge in [0.25, 0.3) is 5.91 Å². The largest absolute Gasteiger partial charge is 0.508 e. The van der Waals surface area contributed by atoms with Gasteiger partial charge < -0.3 is 20.0 Å². The van der Waals surface area contributed by atoms with Gasteiger partial charge in [0.05, 0.1) is 36.8 Å². The molecular formula is C20H29N2O4+. The Morgan fingerprint density at radius 2 is 1.65 bits per heavy atom. The first kappa shape index (κ1) is 20.0. The Labute approximate surface area is 154 Å². The lowest BCUT2D eigenvalue weighted by molar-refractivity contribution is -0.941. The number of nitrogens with zero attached hydrogens (tertiary/aromatic N) is 1. The van der Waals surface area contributed by atoms with Gasteiger partial charge in [0.15, 0.2) is 11.5 Å². The fraction of sp³-hybridized carbons (Fsp3) is 0.500. The average Bonchev–Trinajstić information content (AvgIpc) is 2.80. The second-order valence-corrected chi connectivity index (χ2v) is 7.45. The third-order valence-corrected chi connectivity index (χ3v) is 5.02. The zero-order valence-corrected chi connectivity index (χ0v) is 16.1. The zero-order chi connectivity index (χ0) is 19.6. The molecule has 1 aromatic carbocycles. The Kier molecular flexibility index (Phi) is 6.08. The molecule has 0 spiro atoms. The van der Waals surface area contributed by atoms with Crippen LogP contribution in [0.3, 0.4) is 0 Å². The van der Waals surface area contributed by atoms with E-state index in [1.54, 1.807) is 17.0 Å². The number of aromatic hydroxyl groups is 1. The number of phenols is 1. The third kappa shape index (κ3) is 3.90. The summed E-state index contributed by atoms with van der Waals surface area (Å²) >= 11 is 0. The van der Waals surface area contributed by atoms with Crippen molar-refractivity contribution in [1.82, 2.24) is 4.90 Å². The topological polar surface area (TPSA) is 82.3 Å². The molecule has 0 aliphatic carbocycles. The number of phenolic OH excluding ortho intramolecular Hbond substituents is 1. The summed E-state index contributed by atoms with van der Waals surface area (Å²) < 4.78 is 0. The van der Waals surface area contributed by atoms with E-state index in [-0.39, 0.29) is 17.1 Å². The molecule has 1 aliphatic rings. The van der Waals surface area contributed by atoms with Crippen LogP contribution in [0.4, 0.5) is 0 Å². The Balaban J connectivity index is 2.35. The van der Waals surface area contributed by atoms with Gasteiger partial charge in [-0.2, -0.15) is 0 Å². The Bertz CT molecular complexity index is 699. The molecule has 26 heavy (non-hydrogen) atoms. The first-order valence-electron chi connectivity index (χ1n) is 9.04. The highest BCUT2D eigenvalue weighted by Crippen LogP contribution is 2.37. The van der Waals surface area contributed by atoms with Gasteiger partial charge in [0, 0.05) is 0 Å². The van der Waals surface area contributed by atoms with Crippen molar-refractivity contribution in [3.8, 4) is 5.75 Å². The van der Waals surface area contributed by atoms with Crippen molar-refractivity contribution in [1.29, 1.82) is 0 Å². The SMILES string of the molecule is CC(=O)C1=C(O)C(=O)N(CC[NH+](C(C)C)C(C)C)[C@@H]1c1ccc(O)cc1. The first-order chi connectivity index (χ1) is 12.1. The second kappa shape index (κ2) is 7.91. The Morgan fingerprint density at radius 1 is 1.12 bits per heavy atom. The highest BCUT2D eigenvalue weighted by Gasteiger charge is 2.42. The van der Waals surface area contributed by atoms with Gasteiger partial charge in [0.1, 0.15) is 5.75 Å². The predicted octanol–water partition coefficient (Wildman–Crippen LogP) is 1.38. The lowest BCUT2D eigenvalue weighted by Crippen LogP contribution is -3.18. The van der Waals surface area contributed by atoms with Crippen molar-refractivity contribution < 1.29 is 24.7 Å². The van der Waals surface area contributed by atoms with Gasteiger partial charge in [-0.3, -0.25) is 9.59 Å². The molecule has 0 radical (unpaired) electrons. The van der Waals surface area contributed by atoms with Crippen molar-refractivity contribution in [2.45, 2.75) is 52.7 Å². The van der Waals surface area contributed by atoms with Crippen molar-refractivity contribution in [2.75, 3.05) is 13.1 Å². The summed E-state index contributed by atoms with van der Waals surface area (Å²) in [7, 11) is 0. The highest BCUT2D eigenvalue weighted by atomic mass is 16.3. The van der Waals surface area contributed by atoms with E-state index in [1.807, 2.05) is 0 Å². The summed E-state index contributed by atoms with van der Waals surface area (Å²) in [5, 5.41) is 19.8. The fourth-order valence-electron chi connectivity index (χ4n) is 3.74. The zero-order valence-electron chi connectivity index (χ0n) is 16.1. The molecule has 0 fully saturated rings. The predicted molar refractivity (Wildman–Crippen MR) is 99.0 cm³/mol. The van der Waals surface area contributed by atoms with Gasteiger partial charge in [-0.25, -0.2) is 0 Å². The van der Waals surface area contributed by atoms with Crippen LogP contribution in [0.5, 0.6) is 5.75 Å². The van der Waals surface area contributed by atoms with E-state index in [2.05, 4.69) is 27.7 Å². The van der Waals surface area contributed by atoms with E-state index in [0.717, 1.165) is 0 Å². The van der Waals surface area contributed by atoms with Gasteiger partial charge >= 0.3 is 0 Å². The molecule has 0 saturated carbocycles. The lowest BCUT2D eigenvalue weighted by atomic mass is 9.96. The van der Waals surface area contributed by atoms with Crippen molar-refractivity contribution in [3.63, 3.8) is 0 Å². The number of carbonyl (C=O) groups excluding carboxylic acids is 2. The summed E-state index contributed by atoms with van der Waals surface area (Å²) in [6, 6.07) is 6.56. The van der Waals surface area contributed by atoms with E-state index in [0.29, 0.717) is 30.7 Å². The number of Topliss-reactive ketones (excluding diaryl/α,β-unsaturated/α-hetero) is 1. The van der Waals surface area contributed by atoms with Crippen LogP contribution >= 0.6 is 0 Å². The van der Waals surface area contributed by atoms with E-state index in [9.17, 15) is 19.8 Å². The molecule has 6 heteroatoms.